The summed E-state index contributed by atoms with van der Waals surface area (Å²) in [7, 11) is 0. The van der Waals surface area contributed by atoms with Crippen LogP contribution in [0, 0.1) is 0 Å². The Hall–Kier alpha value is -5.81. The van der Waals surface area contributed by atoms with Crippen molar-refractivity contribution in [1.29, 1.82) is 0 Å². The first-order valence-electron chi connectivity index (χ1n) is 13.9. The number of fused-ring (bicyclic) bond motifs is 8. The van der Waals surface area contributed by atoms with Gasteiger partial charge in [0.15, 0.2) is 17.5 Å². The summed E-state index contributed by atoms with van der Waals surface area (Å²) < 4.78 is 12.5. The summed E-state index contributed by atoms with van der Waals surface area (Å²) in [6, 6.07) is 42.9. The summed E-state index contributed by atoms with van der Waals surface area (Å²) in [5.41, 5.74) is 6.16. The number of hydrogen-bond acceptors (Lipinski definition) is 5. The van der Waals surface area contributed by atoms with E-state index in [-0.39, 0.29) is 0 Å². The Morgan fingerprint density at radius 3 is 1.93 bits per heavy atom. The topological polar surface area (TPSA) is 65.0 Å². The number of furan rings is 2. The van der Waals surface area contributed by atoms with Gasteiger partial charge in [-0.1, -0.05) is 91.0 Å². The molecule has 3 heterocycles. The first-order valence-corrected chi connectivity index (χ1v) is 13.9. The molecule has 0 aliphatic rings. The van der Waals surface area contributed by atoms with E-state index in [4.69, 9.17) is 23.8 Å². The average molecular weight is 540 g/mol. The Kier molecular flexibility index (Phi) is 4.83. The van der Waals surface area contributed by atoms with Crippen LogP contribution in [0.15, 0.2) is 136 Å². The summed E-state index contributed by atoms with van der Waals surface area (Å²) >= 11 is 0. The predicted molar refractivity (Wildman–Crippen MR) is 168 cm³/mol. The summed E-state index contributed by atoms with van der Waals surface area (Å²) in [4.78, 5) is 15.0. The standard InChI is InChI=1S/C37H21N3O2/c1-2-9-22(10-3-1)35-38-36(40-37(39-35)29-13-8-16-32-33(29)28-12-5-7-15-31(28)41-32)24-18-19-25-23(21-24)17-20-27-26-11-4-6-14-30(26)42-34(25)27/h1-21H. The van der Waals surface area contributed by atoms with Gasteiger partial charge in [0.25, 0.3) is 0 Å². The van der Waals surface area contributed by atoms with Crippen LogP contribution in [0.3, 0.4) is 0 Å². The number of nitrogens with zero attached hydrogens (tertiary/aromatic N) is 3. The molecule has 0 atom stereocenters. The Labute approximate surface area is 239 Å². The number of rotatable bonds is 3. The van der Waals surface area contributed by atoms with Crippen LogP contribution < -0.4 is 0 Å². The molecule has 5 nitrogen and oxygen atoms in total. The number of benzene rings is 6. The molecule has 0 unspecified atom stereocenters. The van der Waals surface area contributed by atoms with Crippen molar-refractivity contribution in [3.63, 3.8) is 0 Å². The minimum atomic E-state index is 0.601. The Morgan fingerprint density at radius 1 is 0.405 bits per heavy atom. The molecule has 0 spiro atoms. The zero-order valence-corrected chi connectivity index (χ0v) is 22.3. The van der Waals surface area contributed by atoms with Crippen molar-refractivity contribution in [2.75, 3.05) is 0 Å². The maximum absolute atomic E-state index is 6.28. The highest BCUT2D eigenvalue weighted by atomic mass is 16.3. The molecule has 9 aromatic rings. The van der Waals surface area contributed by atoms with E-state index in [1.165, 1.54) is 0 Å². The van der Waals surface area contributed by atoms with Gasteiger partial charge in [0, 0.05) is 43.6 Å². The van der Waals surface area contributed by atoms with Crippen molar-refractivity contribution in [2.24, 2.45) is 0 Å². The highest BCUT2D eigenvalue weighted by Crippen LogP contribution is 2.38. The van der Waals surface area contributed by atoms with Crippen molar-refractivity contribution in [3.8, 4) is 34.2 Å². The third-order valence-corrected chi connectivity index (χ3v) is 7.93. The van der Waals surface area contributed by atoms with Gasteiger partial charge in [0.2, 0.25) is 0 Å². The van der Waals surface area contributed by atoms with Crippen LogP contribution in [0.25, 0.3) is 88.8 Å². The minimum absolute atomic E-state index is 0.601. The molecular weight excluding hydrogens is 518 g/mol. The van der Waals surface area contributed by atoms with Crippen molar-refractivity contribution in [3.05, 3.63) is 127 Å². The van der Waals surface area contributed by atoms with Gasteiger partial charge in [0.05, 0.1) is 0 Å². The zero-order valence-electron chi connectivity index (χ0n) is 22.3. The lowest BCUT2D eigenvalue weighted by molar-refractivity contribution is 0.669. The van der Waals surface area contributed by atoms with Crippen LogP contribution in [0.4, 0.5) is 0 Å². The first kappa shape index (κ1) is 22.9. The quantitative estimate of drug-likeness (QED) is 0.224. The van der Waals surface area contributed by atoms with Crippen molar-refractivity contribution >= 4 is 54.6 Å². The Balaban J connectivity index is 1.28. The molecule has 0 saturated carbocycles. The fourth-order valence-corrected chi connectivity index (χ4v) is 5.95. The summed E-state index contributed by atoms with van der Waals surface area (Å²) in [5, 5.41) is 6.38. The van der Waals surface area contributed by atoms with E-state index in [1.54, 1.807) is 0 Å². The average Bonchev–Trinajstić information content (AvgIpc) is 3.63. The van der Waals surface area contributed by atoms with E-state index in [2.05, 4.69) is 48.5 Å². The normalized spacial score (nSPS) is 11.8. The van der Waals surface area contributed by atoms with E-state index >= 15 is 0 Å². The molecule has 196 valence electrons. The van der Waals surface area contributed by atoms with Gasteiger partial charge < -0.3 is 8.83 Å². The maximum atomic E-state index is 6.28. The molecule has 0 radical (unpaired) electrons. The lowest BCUT2D eigenvalue weighted by Gasteiger charge is -2.10. The van der Waals surface area contributed by atoms with Gasteiger partial charge in [-0.2, -0.15) is 0 Å². The molecule has 42 heavy (non-hydrogen) atoms. The highest BCUT2D eigenvalue weighted by molar-refractivity contribution is 6.15. The van der Waals surface area contributed by atoms with Crippen LogP contribution in [-0.2, 0) is 0 Å². The lowest BCUT2D eigenvalue weighted by atomic mass is 10.0. The second kappa shape index (κ2) is 8.85. The number of aromatic nitrogens is 3. The molecule has 0 fully saturated rings. The van der Waals surface area contributed by atoms with E-state index in [9.17, 15) is 0 Å². The molecule has 0 amide bonds. The van der Waals surface area contributed by atoms with E-state index in [1.807, 2.05) is 78.9 Å². The maximum Gasteiger partial charge on any atom is 0.164 e. The van der Waals surface area contributed by atoms with Crippen LogP contribution in [0.2, 0.25) is 0 Å². The SMILES string of the molecule is c1ccc(-c2nc(-c3ccc4c(ccc5c6ccccc6oc45)c3)nc(-c3cccc4oc5ccccc5c34)n2)cc1. The van der Waals surface area contributed by atoms with Crippen molar-refractivity contribution in [2.45, 2.75) is 0 Å². The van der Waals surface area contributed by atoms with Crippen molar-refractivity contribution in [1.82, 2.24) is 15.0 Å². The second-order valence-corrected chi connectivity index (χ2v) is 10.4. The van der Waals surface area contributed by atoms with E-state index in [0.717, 1.165) is 71.3 Å². The van der Waals surface area contributed by atoms with Gasteiger partial charge in [-0.3, -0.25) is 0 Å². The molecule has 9 rings (SSSR count). The summed E-state index contributed by atoms with van der Waals surface area (Å²) in [6.45, 7) is 0. The fraction of sp³-hybridized carbons (Fsp3) is 0. The van der Waals surface area contributed by atoms with Crippen LogP contribution in [0.5, 0.6) is 0 Å². The Bertz CT molecular complexity index is 2470. The molecule has 0 bridgehead atoms. The van der Waals surface area contributed by atoms with E-state index in [0.29, 0.717) is 17.5 Å². The van der Waals surface area contributed by atoms with Gasteiger partial charge in [0.1, 0.15) is 22.3 Å². The van der Waals surface area contributed by atoms with Gasteiger partial charge in [-0.05, 0) is 41.8 Å². The van der Waals surface area contributed by atoms with Crippen LogP contribution >= 0.6 is 0 Å². The van der Waals surface area contributed by atoms with Crippen LogP contribution in [0.1, 0.15) is 0 Å². The molecule has 0 aliphatic heterocycles. The minimum Gasteiger partial charge on any atom is -0.456 e. The molecule has 0 N–H and O–H groups in total. The molecular formula is C37H21N3O2. The number of hydrogen-bond donors (Lipinski definition) is 0. The van der Waals surface area contributed by atoms with Gasteiger partial charge >= 0.3 is 0 Å². The third kappa shape index (κ3) is 3.47. The molecule has 3 aromatic heterocycles. The largest absolute Gasteiger partial charge is 0.456 e. The lowest BCUT2D eigenvalue weighted by Crippen LogP contribution is -2.00. The highest BCUT2D eigenvalue weighted by Gasteiger charge is 2.18. The molecule has 0 aliphatic carbocycles. The van der Waals surface area contributed by atoms with E-state index < -0.39 is 0 Å². The monoisotopic (exact) mass is 539 g/mol. The third-order valence-electron chi connectivity index (χ3n) is 7.93. The first-order chi connectivity index (χ1) is 20.8. The zero-order chi connectivity index (χ0) is 27.6. The predicted octanol–water partition coefficient (Wildman–Crippen LogP) is 9.82. The van der Waals surface area contributed by atoms with Gasteiger partial charge in [-0.25, -0.2) is 15.0 Å². The Morgan fingerprint density at radius 2 is 1.07 bits per heavy atom. The van der Waals surface area contributed by atoms with Crippen molar-refractivity contribution < 1.29 is 8.83 Å². The smallest absolute Gasteiger partial charge is 0.164 e. The van der Waals surface area contributed by atoms with Gasteiger partial charge in [-0.15, -0.1) is 0 Å². The second-order valence-electron chi connectivity index (χ2n) is 10.4. The molecule has 5 heteroatoms. The molecule has 6 aromatic carbocycles. The summed E-state index contributed by atoms with van der Waals surface area (Å²) in [5.74, 6) is 1.83. The number of para-hydroxylation sites is 2. The van der Waals surface area contributed by atoms with Crippen LogP contribution in [-0.4, -0.2) is 15.0 Å². The summed E-state index contributed by atoms with van der Waals surface area (Å²) in [6.07, 6.45) is 0. The molecule has 0 saturated heterocycles. The fourth-order valence-electron chi connectivity index (χ4n) is 5.95.